The number of hydrogen-bond acceptors (Lipinski definition) is 4. The van der Waals surface area contributed by atoms with E-state index in [-0.39, 0.29) is 5.97 Å². The molecule has 0 aromatic heterocycles. The first-order chi connectivity index (χ1) is 13.7. The Hall–Kier alpha value is -2.33. The van der Waals surface area contributed by atoms with Gasteiger partial charge in [0, 0.05) is 12.1 Å². The molecular weight excluding hydrogens is 350 g/mol. The molecule has 1 saturated heterocycles. The highest BCUT2D eigenvalue weighted by molar-refractivity contribution is 5.84. The Morgan fingerprint density at radius 3 is 2.39 bits per heavy atom. The average Bonchev–Trinajstić information content (AvgIpc) is 3.54. The van der Waals surface area contributed by atoms with Gasteiger partial charge in [0.05, 0.1) is 12.0 Å². The van der Waals surface area contributed by atoms with Crippen LogP contribution in [0.5, 0.6) is 11.5 Å². The zero-order valence-corrected chi connectivity index (χ0v) is 16.6. The number of carbonyl (C=O) groups excluding carboxylic acids is 1. The number of ether oxygens (including phenoxy) is 2. The lowest BCUT2D eigenvalue weighted by molar-refractivity contribution is -0.152. The summed E-state index contributed by atoms with van der Waals surface area (Å²) in [6.07, 6.45) is 4.25. The van der Waals surface area contributed by atoms with Crippen molar-refractivity contribution in [3.63, 3.8) is 0 Å². The second-order valence-electron chi connectivity index (χ2n) is 7.96. The predicted molar refractivity (Wildman–Crippen MR) is 110 cm³/mol. The Morgan fingerprint density at radius 2 is 1.71 bits per heavy atom. The van der Waals surface area contributed by atoms with Crippen LogP contribution in [-0.2, 0) is 14.9 Å². The summed E-state index contributed by atoms with van der Waals surface area (Å²) in [7, 11) is 0. The van der Waals surface area contributed by atoms with Gasteiger partial charge in [0.2, 0.25) is 0 Å². The molecule has 148 valence electrons. The topological polar surface area (TPSA) is 38.8 Å². The molecule has 0 amide bonds. The number of piperidine rings is 1. The highest BCUT2D eigenvalue weighted by Gasteiger charge is 2.46. The van der Waals surface area contributed by atoms with E-state index in [1.807, 2.05) is 61.5 Å². The number of rotatable bonds is 7. The minimum atomic E-state index is -0.637. The fourth-order valence-electron chi connectivity index (χ4n) is 4.20. The van der Waals surface area contributed by atoms with Gasteiger partial charge in [-0.2, -0.15) is 0 Å². The summed E-state index contributed by atoms with van der Waals surface area (Å²) in [6, 6.07) is 17.7. The van der Waals surface area contributed by atoms with Crippen LogP contribution in [0, 0.1) is 5.92 Å². The van der Waals surface area contributed by atoms with Crippen LogP contribution >= 0.6 is 0 Å². The van der Waals surface area contributed by atoms with Crippen molar-refractivity contribution >= 4 is 5.97 Å². The van der Waals surface area contributed by atoms with Crippen LogP contribution in [0.3, 0.4) is 0 Å². The molecule has 0 N–H and O–H groups in total. The van der Waals surface area contributed by atoms with Crippen molar-refractivity contribution in [3.05, 3.63) is 60.2 Å². The van der Waals surface area contributed by atoms with Crippen LogP contribution in [0.15, 0.2) is 54.6 Å². The fraction of sp³-hybridized carbons (Fsp3) is 0.458. The van der Waals surface area contributed by atoms with Gasteiger partial charge in [-0.15, -0.1) is 0 Å². The van der Waals surface area contributed by atoms with Gasteiger partial charge in [0.1, 0.15) is 11.5 Å². The van der Waals surface area contributed by atoms with Gasteiger partial charge in [-0.05, 0) is 69.8 Å². The second-order valence-corrected chi connectivity index (χ2v) is 7.96. The van der Waals surface area contributed by atoms with E-state index in [2.05, 4.69) is 4.90 Å². The van der Waals surface area contributed by atoms with E-state index in [1.54, 1.807) is 0 Å². The minimum Gasteiger partial charge on any atom is -0.465 e. The summed E-state index contributed by atoms with van der Waals surface area (Å²) in [4.78, 5) is 15.7. The molecule has 2 fully saturated rings. The molecule has 4 heteroatoms. The van der Waals surface area contributed by atoms with Crippen LogP contribution in [0.4, 0.5) is 0 Å². The van der Waals surface area contributed by atoms with Crippen molar-refractivity contribution < 1.29 is 14.3 Å². The molecule has 1 aliphatic heterocycles. The van der Waals surface area contributed by atoms with Gasteiger partial charge >= 0.3 is 5.97 Å². The molecule has 2 aromatic carbocycles. The quantitative estimate of drug-likeness (QED) is 0.649. The van der Waals surface area contributed by atoms with E-state index in [9.17, 15) is 4.79 Å². The standard InChI is InChI=1S/C24H29NO3/c1-2-27-23(26)24(14-16-25(17-15-24)18-19-12-13-19)21-10-6-7-11-22(21)28-20-8-4-3-5-9-20/h3-11,19H,2,12-18H2,1H3. The van der Waals surface area contributed by atoms with E-state index in [4.69, 9.17) is 9.47 Å². The molecule has 4 rings (SSSR count). The summed E-state index contributed by atoms with van der Waals surface area (Å²) in [5, 5.41) is 0. The monoisotopic (exact) mass is 379 g/mol. The third-order valence-electron chi connectivity index (χ3n) is 5.96. The smallest absolute Gasteiger partial charge is 0.316 e. The van der Waals surface area contributed by atoms with Crippen molar-refractivity contribution in [1.82, 2.24) is 4.90 Å². The summed E-state index contributed by atoms with van der Waals surface area (Å²) in [5.74, 6) is 2.27. The maximum atomic E-state index is 13.2. The Kier molecular flexibility index (Phi) is 5.67. The van der Waals surface area contributed by atoms with Gasteiger partial charge < -0.3 is 14.4 Å². The molecule has 0 spiro atoms. The molecule has 2 aliphatic rings. The van der Waals surface area contributed by atoms with Crippen molar-refractivity contribution in [2.24, 2.45) is 5.92 Å². The van der Waals surface area contributed by atoms with E-state index in [0.717, 1.165) is 48.9 Å². The fourth-order valence-corrected chi connectivity index (χ4v) is 4.20. The molecule has 28 heavy (non-hydrogen) atoms. The number of nitrogens with zero attached hydrogens (tertiary/aromatic N) is 1. The third-order valence-corrected chi connectivity index (χ3v) is 5.96. The van der Waals surface area contributed by atoms with Crippen LogP contribution in [-0.4, -0.2) is 37.1 Å². The molecule has 0 radical (unpaired) electrons. The van der Waals surface area contributed by atoms with Crippen LogP contribution in [0.2, 0.25) is 0 Å². The van der Waals surface area contributed by atoms with Gasteiger partial charge in [0.25, 0.3) is 0 Å². The predicted octanol–water partition coefficient (Wildman–Crippen LogP) is 4.79. The number of carbonyl (C=O) groups is 1. The molecule has 1 heterocycles. The second kappa shape index (κ2) is 8.36. The molecule has 0 atom stereocenters. The highest BCUT2D eigenvalue weighted by Crippen LogP contribution is 2.43. The van der Waals surface area contributed by atoms with Gasteiger partial charge in [-0.3, -0.25) is 4.79 Å². The molecule has 0 bridgehead atoms. The van der Waals surface area contributed by atoms with Gasteiger partial charge in [0.15, 0.2) is 0 Å². The molecule has 2 aromatic rings. The highest BCUT2D eigenvalue weighted by atomic mass is 16.5. The number of likely N-dealkylation sites (tertiary alicyclic amines) is 1. The van der Waals surface area contributed by atoms with Crippen LogP contribution in [0.1, 0.15) is 38.2 Å². The zero-order valence-electron chi connectivity index (χ0n) is 16.6. The number of benzene rings is 2. The Morgan fingerprint density at radius 1 is 1.04 bits per heavy atom. The summed E-state index contributed by atoms with van der Waals surface area (Å²) in [5.41, 5.74) is 0.310. The van der Waals surface area contributed by atoms with E-state index in [1.165, 1.54) is 19.4 Å². The molecule has 1 saturated carbocycles. The Labute approximate surface area is 167 Å². The molecule has 0 unspecified atom stereocenters. The first-order valence-corrected chi connectivity index (χ1v) is 10.4. The lowest BCUT2D eigenvalue weighted by Gasteiger charge is -2.40. The molecular formula is C24H29NO3. The first-order valence-electron chi connectivity index (χ1n) is 10.4. The van der Waals surface area contributed by atoms with E-state index in [0.29, 0.717) is 6.61 Å². The normalized spacial score (nSPS) is 19.2. The van der Waals surface area contributed by atoms with Gasteiger partial charge in [-0.25, -0.2) is 0 Å². The number of esters is 1. The SMILES string of the molecule is CCOC(=O)C1(c2ccccc2Oc2ccccc2)CCN(CC2CC2)CC1. The maximum absolute atomic E-state index is 13.2. The van der Waals surface area contributed by atoms with Crippen molar-refractivity contribution in [3.8, 4) is 11.5 Å². The minimum absolute atomic E-state index is 0.120. The number of para-hydroxylation sites is 2. The van der Waals surface area contributed by atoms with Crippen molar-refractivity contribution in [2.75, 3.05) is 26.2 Å². The lowest BCUT2D eigenvalue weighted by Crippen LogP contribution is -2.48. The number of hydrogen-bond donors (Lipinski definition) is 0. The summed E-state index contributed by atoms with van der Waals surface area (Å²) < 4.78 is 11.8. The van der Waals surface area contributed by atoms with Crippen molar-refractivity contribution in [1.29, 1.82) is 0 Å². The third kappa shape index (κ3) is 4.07. The Balaban J connectivity index is 1.62. The van der Waals surface area contributed by atoms with Crippen molar-refractivity contribution in [2.45, 2.75) is 38.0 Å². The lowest BCUT2D eigenvalue weighted by atomic mass is 9.72. The summed E-state index contributed by atoms with van der Waals surface area (Å²) >= 11 is 0. The van der Waals surface area contributed by atoms with Crippen LogP contribution in [0.25, 0.3) is 0 Å². The van der Waals surface area contributed by atoms with Crippen LogP contribution < -0.4 is 4.74 Å². The molecule has 1 aliphatic carbocycles. The van der Waals surface area contributed by atoms with Gasteiger partial charge in [-0.1, -0.05) is 36.4 Å². The largest absolute Gasteiger partial charge is 0.465 e. The molecule has 4 nitrogen and oxygen atoms in total. The van der Waals surface area contributed by atoms with E-state index < -0.39 is 5.41 Å². The van der Waals surface area contributed by atoms with E-state index >= 15 is 0 Å². The first kappa shape index (κ1) is 19.0. The Bertz CT molecular complexity index is 793. The zero-order chi connectivity index (χ0) is 19.4. The average molecular weight is 380 g/mol. The maximum Gasteiger partial charge on any atom is 0.316 e. The summed E-state index contributed by atoms with van der Waals surface area (Å²) in [6.45, 7) is 5.29.